The Balaban J connectivity index is 2.30. The Kier molecular flexibility index (Phi) is 4.07. The molecular weight excluding hydrogens is 252 g/mol. The van der Waals surface area contributed by atoms with Crippen LogP contribution in [0.25, 0.3) is 0 Å². The molecule has 0 spiro atoms. The van der Waals surface area contributed by atoms with Crippen molar-refractivity contribution in [2.45, 2.75) is 33.2 Å². The molecule has 0 saturated carbocycles. The molecule has 100 valence electrons. The fourth-order valence-electron chi connectivity index (χ4n) is 2.41. The van der Waals surface area contributed by atoms with Gasteiger partial charge in [0.1, 0.15) is 5.69 Å². The third-order valence-corrected chi connectivity index (χ3v) is 3.73. The zero-order valence-corrected chi connectivity index (χ0v) is 11.8. The van der Waals surface area contributed by atoms with Gasteiger partial charge in [0, 0.05) is 25.2 Å². The Morgan fingerprint density at radius 1 is 1.61 bits per heavy atom. The van der Waals surface area contributed by atoms with Gasteiger partial charge in [0.2, 0.25) is 0 Å². The predicted molar refractivity (Wildman–Crippen MR) is 70.0 cm³/mol. The van der Waals surface area contributed by atoms with Crippen LogP contribution in [0.3, 0.4) is 0 Å². The second kappa shape index (κ2) is 5.41. The van der Waals surface area contributed by atoms with Crippen molar-refractivity contribution in [2.75, 3.05) is 13.2 Å². The van der Waals surface area contributed by atoms with Crippen molar-refractivity contribution < 1.29 is 9.53 Å². The first kappa shape index (κ1) is 13.6. The lowest BCUT2D eigenvalue weighted by Crippen LogP contribution is -2.33. The van der Waals surface area contributed by atoms with Crippen LogP contribution in [0.15, 0.2) is 6.20 Å². The Bertz CT molecular complexity index is 442. The molecule has 18 heavy (non-hydrogen) atoms. The van der Waals surface area contributed by atoms with E-state index in [0.29, 0.717) is 23.9 Å². The Hall–Kier alpha value is -0.870. The second-order valence-corrected chi connectivity index (χ2v) is 5.60. The SMILES string of the molecule is CC1COCCC1C(=O)c1c(Cl)cnn1C(C)C. The molecule has 1 aromatic heterocycles. The lowest BCUT2D eigenvalue weighted by Gasteiger charge is -2.28. The zero-order valence-electron chi connectivity index (χ0n) is 11.0. The molecule has 0 N–H and O–H groups in total. The molecule has 1 aromatic rings. The van der Waals surface area contributed by atoms with Crippen molar-refractivity contribution in [3.05, 3.63) is 16.9 Å². The van der Waals surface area contributed by atoms with Gasteiger partial charge in [-0.3, -0.25) is 9.48 Å². The summed E-state index contributed by atoms with van der Waals surface area (Å²) in [5.74, 6) is 0.324. The van der Waals surface area contributed by atoms with Crippen LogP contribution in [0, 0.1) is 11.8 Å². The van der Waals surface area contributed by atoms with Crippen molar-refractivity contribution in [1.82, 2.24) is 9.78 Å². The first-order valence-corrected chi connectivity index (χ1v) is 6.75. The van der Waals surface area contributed by atoms with Gasteiger partial charge in [-0.15, -0.1) is 0 Å². The molecule has 2 rings (SSSR count). The van der Waals surface area contributed by atoms with E-state index < -0.39 is 0 Å². The van der Waals surface area contributed by atoms with Gasteiger partial charge in [0.05, 0.1) is 11.2 Å². The molecule has 0 bridgehead atoms. The predicted octanol–water partition coefficient (Wildman–Crippen LogP) is 2.97. The van der Waals surface area contributed by atoms with E-state index in [4.69, 9.17) is 16.3 Å². The van der Waals surface area contributed by atoms with Gasteiger partial charge in [0.25, 0.3) is 0 Å². The van der Waals surface area contributed by atoms with E-state index >= 15 is 0 Å². The Labute approximate surface area is 112 Å². The minimum Gasteiger partial charge on any atom is -0.381 e. The number of aromatic nitrogens is 2. The minimum atomic E-state index is -0.00884. The van der Waals surface area contributed by atoms with Gasteiger partial charge in [-0.2, -0.15) is 5.10 Å². The third-order valence-electron chi connectivity index (χ3n) is 3.45. The van der Waals surface area contributed by atoms with Gasteiger partial charge in [0.15, 0.2) is 5.78 Å². The summed E-state index contributed by atoms with van der Waals surface area (Å²) < 4.78 is 7.09. The number of nitrogens with zero attached hydrogens (tertiary/aromatic N) is 2. The molecule has 1 fully saturated rings. The molecule has 0 amide bonds. The van der Waals surface area contributed by atoms with Crippen LogP contribution >= 0.6 is 11.6 Å². The number of rotatable bonds is 3. The first-order valence-electron chi connectivity index (χ1n) is 6.37. The highest BCUT2D eigenvalue weighted by Crippen LogP contribution is 2.29. The largest absolute Gasteiger partial charge is 0.381 e. The molecule has 4 nitrogen and oxygen atoms in total. The highest BCUT2D eigenvalue weighted by molar-refractivity contribution is 6.33. The summed E-state index contributed by atoms with van der Waals surface area (Å²) in [7, 11) is 0. The van der Waals surface area contributed by atoms with Crippen LogP contribution in [-0.2, 0) is 4.74 Å². The van der Waals surface area contributed by atoms with Gasteiger partial charge in [-0.05, 0) is 26.2 Å². The van der Waals surface area contributed by atoms with E-state index in [9.17, 15) is 4.79 Å². The minimum absolute atomic E-state index is 0.00884. The summed E-state index contributed by atoms with van der Waals surface area (Å²) in [6.45, 7) is 7.32. The van der Waals surface area contributed by atoms with Crippen LogP contribution in [0.2, 0.25) is 5.02 Å². The van der Waals surface area contributed by atoms with Crippen molar-refractivity contribution >= 4 is 17.4 Å². The van der Waals surface area contributed by atoms with E-state index in [-0.39, 0.29) is 23.7 Å². The van der Waals surface area contributed by atoms with Crippen LogP contribution in [0.5, 0.6) is 0 Å². The smallest absolute Gasteiger partial charge is 0.185 e. The number of Topliss-reactive ketones (excluding diaryl/α,β-unsaturated/α-hetero) is 1. The normalized spacial score (nSPS) is 24.5. The fourth-order valence-corrected chi connectivity index (χ4v) is 2.63. The number of hydrogen-bond acceptors (Lipinski definition) is 3. The number of carbonyl (C=O) groups is 1. The molecule has 5 heteroatoms. The highest BCUT2D eigenvalue weighted by Gasteiger charge is 2.32. The summed E-state index contributed by atoms with van der Waals surface area (Å²) in [5.41, 5.74) is 0.547. The molecule has 1 aliphatic rings. The second-order valence-electron chi connectivity index (χ2n) is 5.19. The van der Waals surface area contributed by atoms with Crippen LogP contribution in [-0.4, -0.2) is 28.8 Å². The molecule has 1 aliphatic heterocycles. The molecule has 0 aliphatic carbocycles. The molecule has 1 saturated heterocycles. The summed E-state index contributed by atoms with van der Waals surface area (Å²) >= 11 is 6.12. The van der Waals surface area contributed by atoms with Crippen molar-refractivity contribution in [1.29, 1.82) is 0 Å². The standard InChI is InChI=1S/C13H19ClN2O2/c1-8(2)16-12(11(14)6-15-16)13(17)10-4-5-18-7-9(10)3/h6,8-10H,4-5,7H2,1-3H3. The number of carbonyl (C=O) groups excluding carboxylic acids is 1. The zero-order chi connectivity index (χ0) is 13.3. The molecule has 0 radical (unpaired) electrons. The van der Waals surface area contributed by atoms with E-state index in [1.54, 1.807) is 10.9 Å². The molecular formula is C13H19ClN2O2. The monoisotopic (exact) mass is 270 g/mol. The lowest BCUT2D eigenvalue weighted by atomic mass is 9.85. The third kappa shape index (κ3) is 2.45. The quantitative estimate of drug-likeness (QED) is 0.793. The summed E-state index contributed by atoms with van der Waals surface area (Å²) in [6.07, 6.45) is 2.32. The topological polar surface area (TPSA) is 44.1 Å². The number of ether oxygens (including phenoxy) is 1. The Morgan fingerprint density at radius 3 is 2.94 bits per heavy atom. The van der Waals surface area contributed by atoms with Crippen molar-refractivity contribution in [2.24, 2.45) is 11.8 Å². The maximum Gasteiger partial charge on any atom is 0.185 e. The molecule has 2 heterocycles. The van der Waals surface area contributed by atoms with Crippen molar-refractivity contribution in [3.8, 4) is 0 Å². The van der Waals surface area contributed by atoms with Crippen LogP contribution in [0.1, 0.15) is 43.7 Å². The maximum absolute atomic E-state index is 12.6. The van der Waals surface area contributed by atoms with Crippen LogP contribution in [0.4, 0.5) is 0 Å². The first-order chi connectivity index (χ1) is 8.52. The molecule has 2 unspecified atom stereocenters. The van der Waals surface area contributed by atoms with Crippen LogP contribution < -0.4 is 0 Å². The average Bonchev–Trinajstić information content (AvgIpc) is 2.71. The summed E-state index contributed by atoms with van der Waals surface area (Å²) in [6, 6.07) is 0.131. The van der Waals surface area contributed by atoms with E-state index in [1.807, 2.05) is 20.8 Å². The number of ketones is 1. The van der Waals surface area contributed by atoms with Crippen molar-refractivity contribution in [3.63, 3.8) is 0 Å². The number of hydrogen-bond donors (Lipinski definition) is 0. The lowest BCUT2D eigenvalue weighted by molar-refractivity contribution is 0.0235. The Morgan fingerprint density at radius 2 is 2.33 bits per heavy atom. The van der Waals surface area contributed by atoms with E-state index in [0.717, 1.165) is 6.42 Å². The van der Waals surface area contributed by atoms with Gasteiger partial charge in [-0.25, -0.2) is 0 Å². The van der Waals surface area contributed by atoms with E-state index in [1.165, 1.54) is 0 Å². The van der Waals surface area contributed by atoms with E-state index in [2.05, 4.69) is 5.10 Å². The number of halogens is 1. The maximum atomic E-state index is 12.6. The summed E-state index contributed by atoms with van der Waals surface area (Å²) in [5, 5.41) is 4.64. The fraction of sp³-hybridized carbons (Fsp3) is 0.692. The summed E-state index contributed by atoms with van der Waals surface area (Å²) in [4.78, 5) is 12.6. The average molecular weight is 271 g/mol. The van der Waals surface area contributed by atoms with Gasteiger partial charge < -0.3 is 4.74 Å². The van der Waals surface area contributed by atoms with Gasteiger partial charge >= 0.3 is 0 Å². The molecule has 0 aromatic carbocycles. The highest BCUT2D eigenvalue weighted by atomic mass is 35.5. The molecule has 2 atom stereocenters. The van der Waals surface area contributed by atoms with Gasteiger partial charge in [-0.1, -0.05) is 18.5 Å².